The molecule has 0 aliphatic carbocycles. The van der Waals surface area contributed by atoms with Crippen LogP contribution in [0.1, 0.15) is 20.8 Å². The van der Waals surface area contributed by atoms with E-state index in [1.165, 1.54) is 6.08 Å². The van der Waals surface area contributed by atoms with Crippen LogP contribution in [0.25, 0.3) is 0 Å². The van der Waals surface area contributed by atoms with E-state index in [9.17, 15) is 4.79 Å². The van der Waals surface area contributed by atoms with Gasteiger partial charge in [-0.25, -0.2) is 0 Å². The first-order valence-corrected chi connectivity index (χ1v) is 4.44. The first kappa shape index (κ1) is 10.4. The summed E-state index contributed by atoms with van der Waals surface area (Å²) in [5.41, 5.74) is 0. The highest BCUT2D eigenvalue weighted by molar-refractivity contribution is 5.94. The van der Waals surface area contributed by atoms with E-state index in [1.807, 2.05) is 13.8 Å². The van der Waals surface area contributed by atoms with Gasteiger partial charge in [0.1, 0.15) is 6.10 Å². The van der Waals surface area contributed by atoms with Crippen LogP contribution in [-0.4, -0.2) is 24.8 Å². The monoisotopic (exact) mass is 184 g/mol. The summed E-state index contributed by atoms with van der Waals surface area (Å²) in [6.45, 7) is 5.71. The van der Waals surface area contributed by atoms with Gasteiger partial charge in [0.05, 0.1) is 0 Å². The lowest BCUT2D eigenvalue weighted by atomic mass is 9.99. The van der Waals surface area contributed by atoms with Crippen LogP contribution >= 0.6 is 0 Å². The topological polar surface area (TPSA) is 35.5 Å². The maximum Gasteiger partial charge on any atom is 0.185 e. The van der Waals surface area contributed by atoms with Gasteiger partial charge in [-0.2, -0.15) is 0 Å². The van der Waals surface area contributed by atoms with E-state index < -0.39 is 5.79 Å². The fourth-order valence-electron chi connectivity index (χ4n) is 1.26. The molecule has 1 rings (SSSR count). The third kappa shape index (κ3) is 2.17. The highest BCUT2D eigenvalue weighted by Crippen LogP contribution is 2.24. The molecule has 0 fully saturated rings. The smallest absolute Gasteiger partial charge is 0.185 e. The molecule has 1 heterocycles. The molecule has 3 nitrogen and oxygen atoms in total. The number of methoxy groups -OCH3 is 1. The van der Waals surface area contributed by atoms with Crippen molar-refractivity contribution in [2.75, 3.05) is 7.11 Å². The van der Waals surface area contributed by atoms with E-state index in [-0.39, 0.29) is 17.8 Å². The molecule has 2 atom stereocenters. The Kier molecular flexibility index (Phi) is 2.88. The van der Waals surface area contributed by atoms with Crippen molar-refractivity contribution in [1.82, 2.24) is 0 Å². The molecule has 0 N–H and O–H groups in total. The van der Waals surface area contributed by atoms with Crippen molar-refractivity contribution in [3.8, 4) is 0 Å². The molecule has 0 aromatic carbocycles. The molecule has 0 aromatic rings. The maximum absolute atomic E-state index is 11.4. The number of rotatable bonds is 2. The van der Waals surface area contributed by atoms with Gasteiger partial charge in [-0.3, -0.25) is 4.79 Å². The summed E-state index contributed by atoms with van der Waals surface area (Å²) in [6, 6.07) is 0. The van der Waals surface area contributed by atoms with Crippen molar-refractivity contribution in [2.24, 2.45) is 5.92 Å². The molecule has 1 aliphatic rings. The third-order valence-electron chi connectivity index (χ3n) is 2.20. The highest BCUT2D eigenvalue weighted by atomic mass is 16.7. The second kappa shape index (κ2) is 3.60. The fourth-order valence-corrected chi connectivity index (χ4v) is 1.26. The summed E-state index contributed by atoms with van der Waals surface area (Å²) < 4.78 is 10.7. The standard InChI is InChI=1S/C10H16O3/c1-7(2)9-8(11)5-6-10(3,12-4)13-9/h5-7,9H,1-4H3. The molecular weight excluding hydrogens is 168 g/mol. The van der Waals surface area contributed by atoms with Crippen molar-refractivity contribution in [1.29, 1.82) is 0 Å². The average molecular weight is 184 g/mol. The molecule has 3 heteroatoms. The first-order chi connectivity index (χ1) is 5.98. The summed E-state index contributed by atoms with van der Waals surface area (Å²) in [7, 11) is 1.57. The summed E-state index contributed by atoms with van der Waals surface area (Å²) >= 11 is 0. The van der Waals surface area contributed by atoms with Crippen LogP contribution in [0.4, 0.5) is 0 Å². The molecule has 1 aliphatic heterocycles. The zero-order valence-electron chi connectivity index (χ0n) is 8.53. The Morgan fingerprint density at radius 3 is 2.69 bits per heavy atom. The van der Waals surface area contributed by atoms with Gasteiger partial charge in [-0.15, -0.1) is 0 Å². The Morgan fingerprint density at radius 1 is 1.62 bits per heavy atom. The third-order valence-corrected chi connectivity index (χ3v) is 2.20. The van der Waals surface area contributed by atoms with E-state index in [4.69, 9.17) is 9.47 Å². The van der Waals surface area contributed by atoms with E-state index in [1.54, 1.807) is 20.1 Å². The Hall–Kier alpha value is -0.670. The van der Waals surface area contributed by atoms with Gasteiger partial charge in [-0.05, 0) is 25.0 Å². The zero-order chi connectivity index (χ0) is 10.1. The fraction of sp³-hybridized carbons (Fsp3) is 0.700. The number of ether oxygens (including phenoxy) is 2. The van der Waals surface area contributed by atoms with Crippen LogP contribution in [0.2, 0.25) is 0 Å². The van der Waals surface area contributed by atoms with Crippen molar-refractivity contribution >= 4 is 5.78 Å². The average Bonchev–Trinajstić information content (AvgIpc) is 2.09. The lowest BCUT2D eigenvalue weighted by Crippen LogP contribution is -2.43. The van der Waals surface area contributed by atoms with E-state index in [0.29, 0.717) is 0 Å². The molecule has 0 saturated heterocycles. The van der Waals surface area contributed by atoms with Gasteiger partial charge < -0.3 is 9.47 Å². The zero-order valence-corrected chi connectivity index (χ0v) is 8.53. The summed E-state index contributed by atoms with van der Waals surface area (Å²) in [5, 5.41) is 0. The van der Waals surface area contributed by atoms with Crippen LogP contribution in [0, 0.1) is 5.92 Å². The largest absolute Gasteiger partial charge is 0.350 e. The Bertz CT molecular complexity index is 232. The van der Waals surface area contributed by atoms with Gasteiger partial charge in [-0.1, -0.05) is 13.8 Å². The van der Waals surface area contributed by atoms with Crippen LogP contribution in [0.5, 0.6) is 0 Å². The van der Waals surface area contributed by atoms with Crippen molar-refractivity contribution in [2.45, 2.75) is 32.7 Å². The molecule has 0 amide bonds. The van der Waals surface area contributed by atoms with Crippen molar-refractivity contribution in [3.63, 3.8) is 0 Å². The minimum absolute atomic E-state index is 0.0181. The number of ketones is 1. The van der Waals surface area contributed by atoms with Gasteiger partial charge in [0.2, 0.25) is 0 Å². The predicted molar refractivity (Wildman–Crippen MR) is 49.3 cm³/mol. The van der Waals surface area contributed by atoms with E-state index in [0.717, 1.165) is 0 Å². The molecule has 74 valence electrons. The van der Waals surface area contributed by atoms with Gasteiger partial charge in [0.25, 0.3) is 0 Å². The Balaban J connectivity index is 2.82. The van der Waals surface area contributed by atoms with Crippen LogP contribution in [0.3, 0.4) is 0 Å². The molecule has 0 radical (unpaired) electrons. The quantitative estimate of drug-likeness (QED) is 0.653. The van der Waals surface area contributed by atoms with Crippen LogP contribution < -0.4 is 0 Å². The molecule has 0 aromatic heterocycles. The van der Waals surface area contributed by atoms with E-state index >= 15 is 0 Å². The van der Waals surface area contributed by atoms with Gasteiger partial charge in [0.15, 0.2) is 11.6 Å². The van der Waals surface area contributed by atoms with Gasteiger partial charge in [0, 0.05) is 7.11 Å². The molecule has 0 spiro atoms. The summed E-state index contributed by atoms with van der Waals surface area (Å²) in [4.78, 5) is 11.4. The lowest BCUT2D eigenvalue weighted by Gasteiger charge is -2.34. The number of carbonyl (C=O) groups is 1. The SMILES string of the molecule is COC1(C)C=CC(=O)C(C(C)C)O1. The number of hydrogen-bond donors (Lipinski definition) is 0. The Labute approximate surface area is 78.7 Å². The first-order valence-electron chi connectivity index (χ1n) is 4.44. The molecule has 2 unspecified atom stereocenters. The molecular formula is C10H16O3. The number of carbonyl (C=O) groups excluding carboxylic acids is 1. The van der Waals surface area contributed by atoms with Gasteiger partial charge >= 0.3 is 0 Å². The second-order valence-corrected chi connectivity index (χ2v) is 3.74. The van der Waals surface area contributed by atoms with Crippen molar-refractivity contribution in [3.05, 3.63) is 12.2 Å². The molecule has 13 heavy (non-hydrogen) atoms. The minimum Gasteiger partial charge on any atom is -0.350 e. The second-order valence-electron chi connectivity index (χ2n) is 3.74. The van der Waals surface area contributed by atoms with Crippen molar-refractivity contribution < 1.29 is 14.3 Å². The molecule has 0 saturated carbocycles. The highest BCUT2D eigenvalue weighted by Gasteiger charge is 2.34. The Morgan fingerprint density at radius 2 is 2.23 bits per heavy atom. The lowest BCUT2D eigenvalue weighted by molar-refractivity contribution is -0.214. The van der Waals surface area contributed by atoms with E-state index in [2.05, 4.69) is 0 Å². The predicted octanol–water partition coefficient (Wildman–Crippen LogP) is 1.53. The van der Waals surface area contributed by atoms with Crippen LogP contribution in [0.15, 0.2) is 12.2 Å². The number of hydrogen-bond acceptors (Lipinski definition) is 3. The summed E-state index contributed by atoms with van der Waals surface area (Å²) in [5.74, 6) is -0.556. The normalized spacial score (nSPS) is 34.2. The molecule has 0 bridgehead atoms. The van der Waals surface area contributed by atoms with Crippen LogP contribution in [-0.2, 0) is 14.3 Å². The summed E-state index contributed by atoms with van der Waals surface area (Å²) in [6.07, 6.45) is 2.81. The maximum atomic E-state index is 11.4. The minimum atomic E-state index is -0.747.